The van der Waals surface area contributed by atoms with Crippen molar-refractivity contribution in [2.75, 3.05) is 18.4 Å². The topological polar surface area (TPSA) is 94.1 Å². The molecule has 2 aromatic heterocycles. The molecule has 0 bridgehead atoms. The Labute approximate surface area is 188 Å². The molecular formula is C25H31N5O2. The average Bonchev–Trinajstić information content (AvgIpc) is 3.46. The molecular weight excluding hydrogens is 402 g/mol. The molecule has 2 aliphatic rings. The number of benzene rings is 1. The summed E-state index contributed by atoms with van der Waals surface area (Å²) in [7, 11) is 0. The summed E-state index contributed by atoms with van der Waals surface area (Å²) in [6.45, 7) is 2.10. The van der Waals surface area contributed by atoms with Crippen molar-refractivity contribution in [1.82, 2.24) is 20.1 Å². The van der Waals surface area contributed by atoms with Crippen LogP contribution in [0, 0.1) is 0 Å². The summed E-state index contributed by atoms with van der Waals surface area (Å²) in [5, 5.41) is 22.5. The minimum Gasteiger partial charge on any atom is -0.389 e. The minimum atomic E-state index is -0.802. The molecule has 3 heterocycles. The van der Waals surface area contributed by atoms with E-state index in [9.17, 15) is 9.90 Å². The largest absolute Gasteiger partial charge is 0.389 e. The molecule has 1 atom stereocenters. The molecule has 1 saturated carbocycles. The first-order valence-electron chi connectivity index (χ1n) is 11.7. The Kier molecular flexibility index (Phi) is 5.83. The lowest BCUT2D eigenvalue weighted by Crippen LogP contribution is -2.39. The maximum atomic E-state index is 12.8. The molecule has 32 heavy (non-hydrogen) atoms. The quantitative estimate of drug-likeness (QED) is 0.547. The third kappa shape index (κ3) is 4.48. The van der Waals surface area contributed by atoms with Crippen LogP contribution in [0.15, 0.2) is 42.5 Å². The molecule has 3 aromatic rings. The van der Waals surface area contributed by atoms with E-state index in [4.69, 9.17) is 4.98 Å². The van der Waals surface area contributed by atoms with E-state index in [0.29, 0.717) is 13.1 Å². The smallest absolute Gasteiger partial charge is 0.225 e. The number of rotatable bonds is 6. The minimum absolute atomic E-state index is 0.0758. The van der Waals surface area contributed by atoms with E-state index in [2.05, 4.69) is 39.8 Å². The molecule has 1 saturated heterocycles. The lowest BCUT2D eigenvalue weighted by molar-refractivity contribution is -0.136. The number of likely N-dealkylation sites (tertiary alicyclic amines) is 1. The number of hydrogen-bond acceptors (Lipinski definition) is 5. The van der Waals surface area contributed by atoms with E-state index in [1.54, 1.807) is 0 Å². The number of aromatic nitrogens is 3. The monoisotopic (exact) mass is 433 g/mol. The fourth-order valence-corrected chi connectivity index (χ4v) is 5.07. The van der Waals surface area contributed by atoms with Crippen LogP contribution in [0.2, 0.25) is 0 Å². The fraction of sp³-hybridized carbons (Fsp3) is 0.480. The van der Waals surface area contributed by atoms with E-state index in [1.165, 1.54) is 5.56 Å². The summed E-state index contributed by atoms with van der Waals surface area (Å²) in [5.41, 5.74) is 2.15. The second-order valence-electron chi connectivity index (χ2n) is 9.33. The zero-order valence-electron chi connectivity index (χ0n) is 18.4. The molecule has 0 spiro atoms. The number of carbonyl (C=O) groups excluding carboxylic acids is 1. The van der Waals surface area contributed by atoms with Gasteiger partial charge >= 0.3 is 0 Å². The molecule has 7 nitrogen and oxygen atoms in total. The number of nitrogens with one attached hydrogen (secondary N) is 2. The zero-order chi connectivity index (χ0) is 22.0. The van der Waals surface area contributed by atoms with Gasteiger partial charge in [-0.05, 0) is 37.0 Å². The Morgan fingerprint density at radius 1 is 1.16 bits per heavy atom. The Morgan fingerprint density at radius 3 is 2.78 bits per heavy atom. The molecule has 3 N–H and O–H groups in total. The maximum absolute atomic E-state index is 12.8. The molecule has 0 radical (unpaired) electrons. The van der Waals surface area contributed by atoms with Crippen molar-refractivity contribution < 1.29 is 9.90 Å². The van der Waals surface area contributed by atoms with Gasteiger partial charge in [0.2, 0.25) is 5.91 Å². The number of aliphatic hydroxyl groups is 1. The van der Waals surface area contributed by atoms with E-state index >= 15 is 0 Å². The van der Waals surface area contributed by atoms with Crippen LogP contribution in [0.1, 0.15) is 62.1 Å². The van der Waals surface area contributed by atoms with Crippen LogP contribution in [-0.4, -0.2) is 49.8 Å². The number of anilines is 1. The van der Waals surface area contributed by atoms with Crippen LogP contribution in [0.5, 0.6) is 0 Å². The average molecular weight is 434 g/mol. The number of pyridine rings is 1. The summed E-state index contributed by atoms with van der Waals surface area (Å²) < 4.78 is 0. The Morgan fingerprint density at radius 2 is 1.97 bits per heavy atom. The van der Waals surface area contributed by atoms with Gasteiger partial charge in [0, 0.05) is 31.2 Å². The molecule has 7 heteroatoms. The highest BCUT2D eigenvalue weighted by Crippen LogP contribution is 2.33. The fourth-order valence-electron chi connectivity index (χ4n) is 5.07. The second-order valence-corrected chi connectivity index (χ2v) is 9.33. The predicted octanol–water partition coefficient (Wildman–Crippen LogP) is 3.97. The molecule has 5 rings (SSSR count). The second kappa shape index (κ2) is 8.90. The van der Waals surface area contributed by atoms with Crippen LogP contribution in [0.4, 0.5) is 5.82 Å². The number of H-pyrrole nitrogens is 1. The first-order valence-corrected chi connectivity index (χ1v) is 11.7. The number of fused-ring (bicyclic) bond motifs is 1. The summed E-state index contributed by atoms with van der Waals surface area (Å²) in [5.74, 6) is 1.09. The summed E-state index contributed by atoms with van der Waals surface area (Å²) in [6.07, 6.45) is 5.83. The Balaban J connectivity index is 1.22. The SMILES string of the molecule is O=C(CC1(O)CCCCC1)N1CC[C@@H](c2ccc3c(NCc4ccccc4)n[nH]c3n2)C1. The molecule has 168 valence electrons. The number of amides is 1. The van der Waals surface area contributed by atoms with Gasteiger partial charge in [-0.25, -0.2) is 4.98 Å². The van der Waals surface area contributed by atoms with Gasteiger partial charge in [0.1, 0.15) is 0 Å². The van der Waals surface area contributed by atoms with E-state index < -0.39 is 5.60 Å². The third-order valence-corrected chi connectivity index (χ3v) is 6.97. The number of nitrogens with zero attached hydrogens (tertiary/aromatic N) is 3. The van der Waals surface area contributed by atoms with Gasteiger partial charge in [-0.15, -0.1) is 0 Å². The molecule has 2 fully saturated rings. The Hall–Kier alpha value is -2.93. The highest BCUT2D eigenvalue weighted by atomic mass is 16.3. The number of hydrogen-bond donors (Lipinski definition) is 3. The van der Waals surface area contributed by atoms with Gasteiger partial charge in [-0.3, -0.25) is 9.89 Å². The maximum Gasteiger partial charge on any atom is 0.225 e. The van der Waals surface area contributed by atoms with Crippen molar-refractivity contribution >= 4 is 22.8 Å². The van der Waals surface area contributed by atoms with Crippen LogP contribution in [0.3, 0.4) is 0 Å². The number of aromatic amines is 1. The first kappa shape index (κ1) is 20.9. The van der Waals surface area contributed by atoms with Gasteiger partial charge in [0.25, 0.3) is 0 Å². The summed E-state index contributed by atoms with van der Waals surface area (Å²) >= 11 is 0. The number of carbonyl (C=O) groups is 1. The van der Waals surface area contributed by atoms with Crippen molar-refractivity contribution in [2.45, 2.75) is 63.0 Å². The highest BCUT2D eigenvalue weighted by Gasteiger charge is 2.36. The lowest BCUT2D eigenvalue weighted by Gasteiger charge is -2.32. The molecule has 1 amide bonds. The van der Waals surface area contributed by atoms with Gasteiger partial charge in [-0.2, -0.15) is 5.10 Å². The van der Waals surface area contributed by atoms with E-state index in [0.717, 1.165) is 67.6 Å². The van der Waals surface area contributed by atoms with Gasteiger partial charge in [-0.1, -0.05) is 49.6 Å². The molecule has 1 aliphatic carbocycles. The lowest BCUT2D eigenvalue weighted by atomic mass is 9.82. The van der Waals surface area contributed by atoms with Crippen molar-refractivity contribution in [1.29, 1.82) is 0 Å². The van der Waals surface area contributed by atoms with Crippen molar-refractivity contribution in [2.24, 2.45) is 0 Å². The normalized spacial score (nSPS) is 20.5. The Bertz CT molecular complexity index is 1070. The van der Waals surface area contributed by atoms with E-state index in [-0.39, 0.29) is 18.2 Å². The van der Waals surface area contributed by atoms with Gasteiger partial charge < -0.3 is 15.3 Å². The van der Waals surface area contributed by atoms with Crippen LogP contribution < -0.4 is 5.32 Å². The van der Waals surface area contributed by atoms with Crippen LogP contribution in [-0.2, 0) is 11.3 Å². The standard InChI is InChI=1S/C25H31N5O2/c31-22(15-25(32)12-5-2-6-13-25)30-14-11-19(17-30)21-10-9-20-23(28-29-24(20)27-21)26-16-18-7-3-1-4-8-18/h1,3-4,7-10,19,32H,2,5-6,11-17H2,(H2,26,27,28,29)/t19-/m1/s1. The van der Waals surface area contributed by atoms with Crippen molar-refractivity contribution in [3.05, 3.63) is 53.7 Å². The molecule has 1 aromatic carbocycles. The van der Waals surface area contributed by atoms with E-state index in [1.807, 2.05) is 23.1 Å². The highest BCUT2D eigenvalue weighted by molar-refractivity contribution is 5.87. The first-order chi connectivity index (χ1) is 15.6. The van der Waals surface area contributed by atoms with Crippen LogP contribution >= 0.6 is 0 Å². The van der Waals surface area contributed by atoms with Crippen molar-refractivity contribution in [3.63, 3.8) is 0 Å². The molecule has 0 unspecified atom stereocenters. The van der Waals surface area contributed by atoms with Crippen molar-refractivity contribution in [3.8, 4) is 0 Å². The van der Waals surface area contributed by atoms with Crippen LogP contribution in [0.25, 0.3) is 11.0 Å². The summed E-state index contributed by atoms with van der Waals surface area (Å²) in [6, 6.07) is 14.3. The zero-order valence-corrected chi connectivity index (χ0v) is 18.4. The van der Waals surface area contributed by atoms with Gasteiger partial charge in [0.15, 0.2) is 11.5 Å². The summed E-state index contributed by atoms with van der Waals surface area (Å²) in [4.78, 5) is 19.5. The molecule has 1 aliphatic heterocycles. The third-order valence-electron chi connectivity index (χ3n) is 6.97. The predicted molar refractivity (Wildman–Crippen MR) is 124 cm³/mol. The van der Waals surface area contributed by atoms with Gasteiger partial charge in [0.05, 0.1) is 17.4 Å².